The van der Waals surface area contributed by atoms with Crippen LogP contribution in [0.25, 0.3) is 0 Å². The van der Waals surface area contributed by atoms with Crippen molar-refractivity contribution in [1.82, 2.24) is 0 Å². The topological polar surface area (TPSA) is 95.5 Å². The van der Waals surface area contributed by atoms with Gasteiger partial charge in [0.2, 0.25) is 11.8 Å². The van der Waals surface area contributed by atoms with E-state index in [1.54, 1.807) is 13.0 Å². The molecule has 2 aromatic rings. The predicted molar refractivity (Wildman–Crippen MR) is 117 cm³/mol. The van der Waals surface area contributed by atoms with Crippen LogP contribution in [0.1, 0.15) is 43.1 Å². The van der Waals surface area contributed by atoms with Crippen molar-refractivity contribution in [1.29, 1.82) is 0 Å². The zero-order valence-corrected chi connectivity index (χ0v) is 17.9. The van der Waals surface area contributed by atoms with E-state index in [4.69, 9.17) is 5.11 Å². The molecule has 0 saturated heterocycles. The molecule has 6 nitrogen and oxygen atoms in total. The molecule has 0 unspecified atom stereocenters. The molecular weight excluding hydrogens is 388 g/mol. The molecule has 2 aromatic carbocycles. The van der Waals surface area contributed by atoms with E-state index in [9.17, 15) is 14.4 Å². The van der Waals surface area contributed by atoms with Crippen molar-refractivity contribution in [3.8, 4) is 0 Å². The number of carbonyl (C=O) groups excluding carboxylic acids is 2. The van der Waals surface area contributed by atoms with Crippen LogP contribution in [-0.2, 0) is 9.59 Å². The molecule has 0 radical (unpaired) electrons. The number of benzene rings is 2. The number of carboxylic acids is 1. The number of rotatable bonds is 7. The normalized spacial score (nSPS) is 11.0. The molecule has 0 aliphatic rings. The molecule has 7 heteroatoms. The second-order valence-corrected chi connectivity index (χ2v) is 9.03. The molecule has 3 N–H and O–H groups in total. The fourth-order valence-electron chi connectivity index (χ4n) is 2.58. The molecule has 0 heterocycles. The standard InChI is InChI=1S/C22H26N2O4S/c1-14-8-9-15(21(27)28)10-18(14)24-20(26)13-29-17-7-5-6-16(11-17)23-19(25)12-22(2,3)4/h5-11H,12-13H2,1-4H3,(H,23,25)(H,24,26)(H,27,28). The summed E-state index contributed by atoms with van der Waals surface area (Å²) < 4.78 is 0. The minimum Gasteiger partial charge on any atom is -0.478 e. The number of carboxylic acid groups (broad SMARTS) is 1. The number of hydrogen-bond acceptors (Lipinski definition) is 4. The summed E-state index contributed by atoms with van der Waals surface area (Å²) in [6, 6.07) is 11.9. The number of anilines is 2. The fraction of sp³-hybridized carbons (Fsp3) is 0.318. The molecule has 0 aliphatic carbocycles. The van der Waals surface area contributed by atoms with Gasteiger partial charge in [-0.3, -0.25) is 9.59 Å². The summed E-state index contributed by atoms with van der Waals surface area (Å²) >= 11 is 1.34. The Morgan fingerprint density at radius 1 is 1.00 bits per heavy atom. The first-order valence-electron chi connectivity index (χ1n) is 9.20. The minimum absolute atomic E-state index is 0.0498. The highest BCUT2D eigenvalue weighted by molar-refractivity contribution is 8.00. The highest BCUT2D eigenvalue weighted by atomic mass is 32.2. The third-order valence-corrected chi connectivity index (χ3v) is 4.93. The van der Waals surface area contributed by atoms with Crippen molar-refractivity contribution >= 4 is 40.9 Å². The lowest BCUT2D eigenvalue weighted by Gasteiger charge is -2.17. The number of nitrogens with one attached hydrogen (secondary N) is 2. The molecule has 0 saturated carbocycles. The highest BCUT2D eigenvalue weighted by Gasteiger charge is 2.16. The maximum Gasteiger partial charge on any atom is 0.335 e. The molecule has 0 spiro atoms. The Bertz CT molecular complexity index is 919. The largest absolute Gasteiger partial charge is 0.478 e. The van der Waals surface area contributed by atoms with Gasteiger partial charge in [-0.05, 0) is 48.2 Å². The average Bonchev–Trinajstić information content (AvgIpc) is 2.60. The molecule has 0 fully saturated rings. The molecule has 154 valence electrons. The molecule has 0 aromatic heterocycles. The molecule has 2 amide bonds. The van der Waals surface area contributed by atoms with E-state index in [1.807, 2.05) is 45.0 Å². The van der Waals surface area contributed by atoms with Gasteiger partial charge in [-0.2, -0.15) is 0 Å². The first-order chi connectivity index (χ1) is 13.5. The smallest absolute Gasteiger partial charge is 0.335 e. The monoisotopic (exact) mass is 414 g/mol. The van der Waals surface area contributed by atoms with Crippen molar-refractivity contribution < 1.29 is 19.5 Å². The first kappa shape index (κ1) is 22.5. The van der Waals surface area contributed by atoms with Crippen LogP contribution in [0, 0.1) is 12.3 Å². The Hall–Kier alpha value is -2.80. The Morgan fingerprint density at radius 2 is 1.72 bits per heavy atom. The second kappa shape index (κ2) is 9.60. The summed E-state index contributed by atoms with van der Waals surface area (Å²) in [5, 5.41) is 14.7. The van der Waals surface area contributed by atoms with Crippen molar-refractivity contribution in [2.75, 3.05) is 16.4 Å². The van der Waals surface area contributed by atoms with Gasteiger partial charge >= 0.3 is 5.97 Å². The number of carbonyl (C=O) groups is 3. The van der Waals surface area contributed by atoms with E-state index in [-0.39, 0.29) is 28.5 Å². The molecular formula is C22H26N2O4S. The predicted octanol–water partition coefficient (Wildman–Crippen LogP) is 4.80. The molecule has 0 atom stereocenters. The number of aromatic carboxylic acids is 1. The zero-order chi connectivity index (χ0) is 21.6. The van der Waals surface area contributed by atoms with Crippen LogP contribution in [0.3, 0.4) is 0 Å². The van der Waals surface area contributed by atoms with Crippen LogP contribution in [0.15, 0.2) is 47.4 Å². The fourth-order valence-corrected chi connectivity index (χ4v) is 3.33. The summed E-state index contributed by atoms with van der Waals surface area (Å²) in [6.07, 6.45) is 0.418. The summed E-state index contributed by atoms with van der Waals surface area (Å²) in [7, 11) is 0. The molecule has 29 heavy (non-hydrogen) atoms. The van der Waals surface area contributed by atoms with Crippen LogP contribution < -0.4 is 10.6 Å². The van der Waals surface area contributed by atoms with Crippen molar-refractivity contribution in [3.63, 3.8) is 0 Å². The lowest BCUT2D eigenvalue weighted by Crippen LogP contribution is -2.19. The van der Waals surface area contributed by atoms with Gasteiger partial charge in [0, 0.05) is 22.7 Å². The molecule has 0 bridgehead atoms. The quantitative estimate of drug-likeness (QED) is 0.566. The van der Waals surface area contributed by atoms with E-state index in [0.717, 1.165) is 10.5 Å². The Balaban J connectivity index is 1.95. The van der Waals surface area contributed by atoms with Crippen LogP contribution in [0.4, 0.5) is 11.4 Å². The van der Waals surface area contributed by atoms with E-state index in [1.165, 1.54) is 23.9 Å². The maximum absolute atomic E-state index is 12.3. The average molecular weight is 415 g/mol. The van der Waals surface area contributed by atoms with E-state index in [2.05, 4.69) is 10.6 Å². The SMILES string of the molecule is Cc1ccc(C(=O)O)cc1NC(=O)CSc1cccc(NC(=O)CC(C)(C)C)c1. The third kappa shape index (κ3) is 7.62. The summed E-state index contributed by atoms with van der Waals surface area (Å²) in [6.45, 7) is 7.82. The van der Waals surface area contributed by atoms with Gasteiger partial charge in [-0.1, -0.05) is 32.9 Å². The Morgan fingerprint density at radius 3 is 2.38 bits per heavy atom. The second-order valence-electron chi connectivity index (χ2n) is 7.99. The van der Waals surface area contributed by atoms with Gasteiger partial charge in [-0.25, -0.2) is 4.79 Å². The number of amides is 2. The number of aryl methyl sites for hydroxylation is 1. The van der Waals surface area contributed by atoms with Crippen LogP contribution in [-0.4, -0.2) is 28.6 Å². The number of thioether (sulfide) groups is 1. The first-order valence-corrected chi connectivity index (χ1v) is 10.2. The van der Waals surface area contributed by atoms with Crippen LogP contribution in [0.5, 0.6) is 0 Å². The van der Waals surface area contributed by atoms with Gasteiger partial charge in [0.05, 0.1) is 11.3 Å². The van der Waals surface area contributed by atoms with Crippen LogP contribution in [0.2, 0.25) is 0 Å². The lowest BCUT2D eigenvalue weighted by molar-refractivity contribution is -0.118. The van der Waals surface area contributed by atoms with Crippen LogP contribution >= 0.6 is 11.8 Å². The molecule has 2 rings (SSSR count). The van der Waals surface area contributed by atoms with E-state index < -0.39 is 5.97 Å². The van der Waals surface area contributed by atoms with E-state index in [0.29, 0.717) is 17.8 Å². The zero-order valence-electron chi connectivity index (χ0n) is 17.0. The maximum atomic E-state index is 12.3. The van der Waals surface area contributed by atoms with Gasteiger partial charge in [0.15, 0.2) is 0 Å². The van der Waals surface area contributed by atoms with Crippen molar-refractivity contribution in [2.45, 2.75) is 39.0 Å². The van der Waals surface area contributed by atoms with Gasteiger partial charge < -0.3 is 15.7 Å². The summed E-state index contributed by atoms with van der Waals surface area (Å²) in [5.41, 5.74) is 1.99. The molecule has 0 aliphatic heterocycles. The highest BCUT2D eigenvalue weighted by Crippen LogP contribution is 2.24. The van der Waals surface area contributed by atoms with Gasteiger partial charge in [0.25, 0.3) is 0 Å². The minimum atomic E-state index is -1.04. The van der Waals surface area contributed by atoms with Gasteiger partial charge in [-0.15, -0.1) is 11.8 Å². The lowest BCUT2D eigenvalue weighted by atomic mass is 9.92. The Labute approximate surface area is 175 Å². The summed E-state index contributed by atoms with van der Waals surface area (Å²) in [5.74, 6) is -1.16. The van der Waals surface area contributed by atoms with Gasteiger partial charge in [0.1, 0.15) is 0 Å². The van der Waals surface area contributed by atoms with E-state index >= 15 is 0 Å². The third-order valence-electron chi connectivity index (χ3n) is 3.94. The van der Waals surface area contributed by atoms with Crippen molar-refractivity contribution in [3.05, 3.63) is 53.6 Å². The number of hydrogen-bond donors (Lipinski definition) is 3. The Kier molecular flexibility index (Phi) is 7.45. The summed E-state index contributed by atoms with van der Waals surface area (Å²) in [4.78, 5) is 36.3. The van der Waals surface area contributed by atoms with Crippen molar-refractivity contribution in [2.24, 2.45) is 5.41 Å².